The van der Waals surface area contributed by atoms with E-state index < -0.39 is 0 Å². The van der Waals surface area contributed by atoms with E-state index in [2.05, 4.69) is 0 Å². The van der Waals surface area contributed by atoms with E-state index in [1.165, 1.54) is 0 Å². The van der Waals surface area contributed by atoms with Crippen LogP contribution >= 0.6 is 0 Å². The van der Waals surface area contributed by atoms with Crippen molar-refractivity contribution in [1.29, 1.82) is 0 Å². The van der Waals surface area contributed by atoms with Crippen molar-refractivity contribution < 1.29 is 46.8 Å². The van der Waals surface area contributed by atoms with Crippen LogP contribution in [-0.2, 0) is 73.8 Å². The molecule has 0 aromatic heterocycles. The Kier molecular flexibility index (Phi) is 160. The van der Waals surface area contributed by atoms with Crippen LogP contribution in [0, 0.1) is 0 Å². The van der Waals surface area contributed by atoms with Crippen molar-refractivity contribution in [3.63, 3.8) is 0 Å². The Bertz CT molecular complexity index is 6.00. The van der Waals surface area contributed by atoms with Crippen LogP contribution in [0.25, 0.3) is 0 Å². The molecule has 0 saturated carbocycles. The van der Waals surface area contributed by atoms with E-state index >= 15 is 0 Å². The summed E-state index contributed by atoms with van der Waals surface area (Å²) in [6.07, 6.45) is 0. The molecule has 0 aromatic carbocycles. The summed E-state index contributed by atoms with van der Waals surface area (Å²) in [5, 5.41) is 0. The molecule has 4 heavy (non-hydrogen) atoms. The maximum Gasteiger partial charge on any atom is 2.00 e. The molecule has 0 nitrogen and oxygen atoms in total. The molecule has 0 unspecified atom stereocenters. The van der Waals surface area contributed by atoms with Crippen molar-refractivity contribution in [2.45, 2.75) is 0 Å². The molecule has 0 amide bonds. The minimum absolute atomic E-state index is 0. The van der Waals surface area contributed by atoms with Crippen molar-refractivity contribution in [2.75, 3.05) is 0 Å². The summed E-state index contributed by atoms with van der Waals surface area (Å²) in [6, 6.07) is 0. The summed E-state index contributed by atoms with van der Waals surface area (Å²) in [6.45, 7) is 0. The van der Waals surface area contributed by atoms with Gasteiger partial charge in [-0.15, -0.1) is 0 Å². The Morgan fingerprint density at radius 3 is 0.750 bits per heavy atom. The summed E-state index contributed by atoms with van der Waals surface area (Å²) in [7, 11) is 0. The van der Waals surface area contributed by atoms with Crippen molar-refractivity contribution in [1.82, 2.24) is 0 Å². The van der Waals surface area contributed by atoms with E-state index in [0.717, 1.165) is 0 Å². The van der Waals surface area contributed by atoms with Crippen molar-refractivity contribution in [3.8, 4) is 0 Å². The van der Waals surface area contributed by atoms with Gasteiger partial charge in [0, 0.05) is 0 Å². The van der Waals surface area contributed by atoms with Gasteiger partial charge < -0.3 is 27.0 Å². The summed E-state index contributed by atoms with van der Waals surface area (Å²) in [5.74, 6) is 0. The van der Waals surface area contributed by atoms with Crippen LogP contribution < -0.4 is 0 Å². The summed E-state index contributed by atoms with van der Waals surface area (Å²) in [4.78, 5) is 0. The second-order valence-electron chi connectivity index (χ2n) is 0. The predicted octanol–water partition coefficient (Wildman–Crippen LogP) is -0.00980. The molecular formula is CdS2Zn. The maximum atomic E-state index is 0. The molecule has 0 N–H and O–H groups in total. The van der Waals surface area contributed by atoms with E-state index in [-0.39, 0.29) is 73.8 Å². The number of hydrogen-bond acceptors (Lipinski definition) is 0. The van der Waals surface area contributed by atoms with Crippen LogP contribution in [0.4, 0.5) is 0 Å². The molecule has 0 aliphatic carbocycles. The Morgan fingerprint density at radius 1 is 0.750 bits per heavy atom. The van der Waals surface area contributed by atoms with Gasteiger partial charge in [0.15, 0.2) is 0 Å². The molecule has 0 aliphatic rings. The van der Waals surface area contributed by atoms with Crippen LogP contribution in [0.5, 0.6) is 0 Å². The first-order chi connectivity index (χ1) is 0. The molecule has 16 valence electrons. The molecule has 0 heterocycles. The number of hydrogen-bond donors (Lipinski definition) is 0. The van der Waals surface area contributed by atoms with Gasteiger partial charge in [-0.05, 0) is 0 Å². The summed E-state index contributed by atoms with van der Waals surface area (Å²) in [5.41, 5.74) is 0. The molecule has 0 radical (unpaired) electrons. The maximum absolute atomic E-state index is 0. The first-order valence-corrected chi connectivity index (χ1v) is 0. The second-order valence-corrected chi connectivity index (χ2v) is 0. The normalized spacial score (nSPS) is 0. The second kappa shape index (κ2) is 18.8. The zero-order valence-electron chi connectivity index (χ0n) is 2.23. The quantitative estimate of drug-likeness (QED) is 0.524. The van der Waals surface area contributed by atoms with Gasteiger partial charge in [-0.1, -0.05) is 0 Å². The Balaban J connectivity index is 0. The molecule has 0 spiro atoms. The van der Waals surface area contributed by atoms with Crippen molar-refractivity contribution in [3.05, 3.63) is 0 Å². The summed E-state index contributed by atoms with van der Waals surface area (Å²) < 4.78 is 0. The predicted molar refractivity (Wildman–Crippen MR) is 14.7 cm³/mol. The smallest absolute Gasteiger partial charge is 2.00 e. The third-order valence-corrected chi connectivity index (χ3v) is 0. The standard InChI is InChI=1S/Cd.2S.Zn/q+2;2*-2;+2. The third-order valence-electron chi connectivity index (χ3n) is 0. The molecule has 0 saturated heterocycles. The fourth-order valence-electron chi connectivity index (χ4n) is 0. The van der Waals surface area contributed by atoms with Gasteiger partial charge in [0.25, 0.3) is 0 Å². The number of rotatable bonds is 0. The minimum atomic E-state index is 0. The Labute approximate surface area is 72.9 Å². The van der Waals surface area contributed by atoms with Gasteiger partial charge in [-0.2, -0.15) is 0 Å². The molecule has 0 aromatic rings. The fourth-order valence-corrected chi connectivity index (χ4v) is 0. The van der Waals surface area contributed by atoms with Crippen LogP contribution in [0.2, 0.25) is 0 Å². The van der Waals surface area contributed by atoms with Gasteiger partial charge in [-0.3, -0.25) is 0 Å². The molecule has 0 aliphatic heterocycles. The average Bonchev–Trinajstić information content (AvgIpc) is 0. The van der Waals surface area contributed by atoms with E-state index in [1.54, 1.807) is 0 Å². The average molecular weight is 242 g/mol. The first kappa shape index (κ1) is 34.1. The topological polar surface area (TPSA) is 0 Å². The first-order valence-electron chi connectivity index (χ1n) is 0. The Hall–Kier alpha value is 2.25. The molecular weight excluding hydrogens is 242 g/mol. The minimum Gasteiger partial charge on any atom is -2.00 e. The monoisotopic (exact) mass is 242 g/mol. The van der Waals surface area contributed by atoms with E-state index in [1.807, 2.05) is 0 Å². The Morgan fingerprint density at radius 2 is 0.750 bits per heavy atom. The summed E-state index contributed by atoms with van der Waals surface area (Å²) >= 11 is 0. The molecule has 0 atom stereocenters. The van der Waals surface area contributed by atoms with Gasteiger partial charge in [0.1, 0.15) is 0 Å². The fraction of sp³-hybridized carbons (Fsp3) is 0. The van der Waals surface area contributed by atoms with E-state index in [4.69, 9.17) is 0 Å². The van der Waals surface area contributed by atoms with Crippen molar-refractivity contribution in [2.24, 2.45) is 0 Å². The van der Waals surface area contributed by atoms with Gasteiger partial charge >= 0.3 is 46.8 Å². The van der Waals surface area contributed by atoms with Crippen LogP contribution in [0.1, 0.15) is 0 Å². The van der Waals surface area contributed by atoms with Gasteiger partial charge in [0.2, 0.25) is 0 Å². The third kappa shape index (κ3) is 8.87. The van der Waals surface area contributed by atoms with Crippen molar-refractivity contribution >= 4 is 27.0 Å². The molecule has 0 bridgehead atoms. The van der Waals surface area contributed by atoms with Crippen LogP contribution in [0.15, 0.2) is 0 Å². The largest absolute Gasteiger partial charge is 2.00 e. The zero-order chi connectivity index (χ0) is 0. The van der Waals surface area contributed by atoms with E-state index in [0.29, 0.717) is 0 Å². The van der Waals surface area contributed by atoms with Crippen LogP contribution in [0.3, 0.4) is 0 Å². The SMILES string of the molecule is [Cd+2].[S-2].[S-2].[Zn+2]. The molecule has 0 fully saturated rings. The zero-order valence-corrected chi connectivity index (χ0v) is 10.9. The molecule has 0 rings (SSSR count). The van der Waals surface area contributed by atoms with Gasteiger partial charge in [-0.25, -0.2) is 0 Å². The molecule has 4 heteroatoms. The van der Waals surface area contributed by atoms with Crippen LogP contribution in [-0.4, -0.2) is 0 Å². The van der Waals surface area contributed by atoms with Gasteiger partial charge in [0.05, 0.1) is 0 Å². The van der Waals surface area contributed by atoms with E-state index in [9.17, 15) is 0 Å².